The van der Waals surface area contributed by atoms with Gasteiger partial charge in [0.2, 0.25) is 0 Å². The molecule has 0 aliphatic heterocycles. The molecule has 0 spiro atoms. The Morgan fingerprint density at radius 2 is 2.08 bits per heavy atom. The number of aromatic nitrogens is 1. The van der Waals surface area contributed by atoms with Crippen molar-refractivity contribution in [2.45, 2.75) is 33.4 Å². The summed E-state index contributed by atoms with van der Waals surface area (Å²) in [6.45, 7) is 5.12. The van der Waals surface area contributed by atoms with E-state index in [1.54, 1.807) is 37.3 Å². The highest BCUT2D eigenvalue weighted by atomic mass is 35.5. The maximum Gasteiger partial charge on any atom is 0.309 e. The van der Waals surface area contributed by atoms with Gasteiger partial charge in [0, 0.05) is 16.9 Å². The molecule has 0 saturated heterocycles. The predicted molar refractivity (Wildman–Crippen MR) is 95.6 cm³/mol. The smallest absolute Gasteiger partial charge is 0.309 e. The van der Waals surface area contributed by atoms with Crippen molar-refractivity contribution < 1.29 is 14.6 Å². The number of ether oxygens (including phenoxy) is 1. The topological polar surface area (TPSA) is 71.5 Å². The zero-order valence-corrected chi connectivity index (χ0v) is 15.3. The summed E-state index contributed by atoms with van der Waals surface area (Å²) >= 11 is 7.38. The first-order valence-corrected chi connectivity index (χ1v) is 8.88. The van der Waals surface area contributed by atoms with Crippen molar-refractivity contribution in [2.24, 2.45) is 5.41 Å². The van der Waals surface area contributed by atoms with Gasteiger partial charge in [-0.1, -0.05) is 11.6 Å². The first kappa shape index (κ1) is 18.7. The van der Waals surface area contributed by atoms with E-state index in [0.29, 0.717) is 31.1 Å². The molecule has 0 aliphatic carbocycles. The van der Waals surface area contributed by atoms with Crippen LogP contribution in [0.5, 0.6) is 5.75 Å². The van der Waals surface area contributed by atoms with Crippen LogP contribution in [0.3, 0.4) is 0 Å². The Morgan fingerprint density at radius 1 is 1.38 bits per heavy atom. The number of carboxylic acids is 1. The van der Waals surface area contributed by atoms with E-state index in [0.717, 1.165) is 16.5 Å². The monoisotopic (exact) mass is 368 g/mol. The lowest BCUT2D eigenvalue weighted by Crippen LogP contribution is -2.28. The van der Waals surface area contributed by atoms with E-state index in [9.17, 15) is 4.79 Å². The SMILES string of the molecule is CC(C)(CCNCc1csc(COc2ccc(Cl)cc2)n1)C(=O)O. The van der Waals surface area contributed by atoms with Gasteiger partial charge in [0.1, 0.15) is 17.4 Å². The second-order valence-corrected chi connectivity index (χ2v) is 7.47. The van der Waals surface area contributed by atoms with E-state index in [4.69, 9.17) is 21.4 Å². The lowest BCUT2D eigenvalue weighted by atomic mass is 9.90. The van der Waals surface area contributed by atoms with Crippen LogP contribution in [0.2, 0.25) is 5.02 Å². The van der Waals surface area contributed by atoms with Crippen LogP contribution in [0.25, 0.3) is 0 Å². The molecule has 0 unspecified atom stereocenters. The normalized spacial score (nSPS) is 11.5. The van der Waals surface area contributed by atoms with Gasteiger partial charge in [-0.15, -0.1) is 11.3 Å². The largest absolute Gasteiger partial charge is 0.486 e. The lowest BCUT2D eigenvalue weighted by Gasteiger charge is -2.18. The maximum atomic E-state index is 11.0. The number of carboxylic acid groups (broad SMARTS) is 1. The number of nitrogens with zero attached hydrogens (tertiary/aromatic N) is 1. The van der Waals surface area contributed by atoms with Gasteiger partial charge >= 0.3 is 5.97 Å². The number of thiazole rings is 1. The van der Waals surface area contributed by atoms with Gasteiger partial charge in [0.05, 0.1) is 11.1 Å². The maximum absolute atomic E-state index is 11.0. The summed E-state index contributed by atoms with van der Waals surface area (Å²) in [4.78, 5) is 15.5. The third-order valence-electron chi connectivity index (χ3n) is 3.59. The van der Waals surface area contributed by atoms with Crippen LogP contribution in [-0.2, 0) is 17.9 Å². The van der Waals surface area contributed by atoms with E-state index >= 15 is 0 Å². The summed E-state index contributed by atoms with van der Waals surface area (Å²) in [5.41, 5.74) is 0.218. The van der Waals surface area contributed by atoms with Crippen LogP contribution in [0, 0.1) is 5.41 Å². The van der Waals surface area contributed by atoms with E-state index in [-0.39, 0.29) is 0 Å². The Kier molecular flexibility index (Phi) is 6.60. The van der Waals surface area contributed by atoms with Crippen LogP contribution >= 0.6 is 22.9 Å². The number of hydrogen-bond acceptors (Lipinski definition) is 5. The number of rotatable bonds is 9. The number of nitrogens with one attached hydrogen (secondary N) is 1. The number of carbonyl (C=O) groups is 1. The molecule has 0 atom stereocenters. The van der Waals surface area contributed by atoms with Crippen molar-refractivity contribution >= 4 is 28.9 Å². The molecule has 0 fully saturated rings. The number of benzene rings is 1. The van der Waals surface area contributed by atoms with E-state index in [1.807, 2.05) is 17.5 Å². The minimum absolute atomic E-state index is 0.415. The van der Waals surface area contributed by atoms with Gasteiger partial charge in [-0.05, 0) is 51.1 Å². The highest BCUT2D eigenvalue weighted by molar-refractivity contribution is 7.09. The van der Waals surface area contributed by atoms with Crippen LogP contribution in [0.1, 0.15) is 31.0 Å². The zero-order chi connectivity index (χ0) is 17.6. The van der Waals surface area contributed by atoms with E-state index in [1.165, 1.54) is 0 Å². The summed E-state index contributed by atoms with van der Waals surface area (Å²) in [6.07, 6.45) is 0.568. The second kappa shape index (κ2) is 8.46. The van der Waals surface area contributed by atoms with Gasteiger partial charge in [0.25, 0.3) is 0 Å². The highest BCUT2D eigenvalue weighted by Crippen LogP contribution is 2.20. The van der Waals surface area contributed by atoms with Crippen molar-refractivity contribution in [1.29, 1.82) is 0 Å². The quantitative estimate of drug-likeness (QED) is 0.655. The molecule has 0 radical (unpaired) electrons. The minimum Gasteiger partial charge on any atom is -0.486 e. The van der Waals surface area contributed by atoms with Crippen LogP contribution in [-0.4, -0.2) is 22.6 Å². The van der Waals surface area contributed by atoms with Crippen LogP contribution in [0.15, 0.2) is 29.6 Å². The molecular formula is C17H21ClN2O3S. The third kappa shape index (κ3) is 5.78. The molecule has 0 amide bonds. The van der Waals surface area contributed by atoms with E-state index in [2.05, 4.69) is 10.3 Å². The molecule has 1 aromatic carbocycles. The molecular weight excluding hydrogens is 348 g/mol. The number of hydrogen-bond donors (Lipinski definition) is 2. The number of halogens is 1. The first-order chi connectivity index (χ1) is 11.4. The molecule has 130 valence electrons. The second-order valence-electron chi connectivity index (χ2n) is 6.09. The molecule has 2 aromatic rings. The summed E-state index contributed by atoms with van der Waals surface area (Å²) < 4.78 is 5.66. The van der Waals surface area contributed by atoms with Gasteiger partial charge < -0.3 is 15.2 Å². The van der Waals surface area contributed by atoms with Crippen LogP contribution < -0.4 is 10.1 Å². The van der Waals surface area contributed by atoms with Gasteiger partial charge in [-0.25, -0.2) is 4.98 Å². The first-order valence-electron chi connectivity index (χ1n) is 7.62. The molecule has 0 aliphatic rings. The fraction of sp³-hybridized carbons (Fsp3) is 0.412. The number of aliphatic carboxylic acids is 1. The molecule has 1 heterocycles. The van der Waals surface area contributed by atoms with Crippen molar-refractivity contribution in [3.05, 3.63) is 45.4 Å². The van der Waals surface area contributed by atoms with Gasteiger partial charge in [0.15, 0.2) is 0 Å². The summed E-state index contributed by atoms with van der Waals surface area (Å²) in [5, 5.41) is 15.9. The molecule has 0 bridgehead atoms. The Hall–Kier alpha value is -1.63. The van der Waals surface area contributed by atoms with Crippen LogP contribution in [0.4, 0.5) is 0 Å². The molecule has 24 heavy (non-hydrogen) atoms. The molecule has 7 heteroatoms. The van der Waals surface area contributed by atoms with Crippen molar-refractivity contribution in [3.8, 4) is 5.75 Å². The fourth-order valence-electron chi connectivity index (χ4n) is 1.90. The standard InChI is InChI=1S/C17H21ClN2O3S/c1-17(2,16(21)22)7-8-19-9-13-11-24-15(20-13)10-23-14-5-3-12(18)4-6-14/h3-6,11,19H,7-10H2,1-2H3,(H,21,22). The average molecular weight is 369 g/mol. The summed E-state index contributed by atoms with van der Waals surface area (Å²) in [7, 11) is 0. The Bertz CT molecular complexity index is 671. The molecule has 2 N–H and O–H groups in total. The zero-order valence-electron chi connectivity index (χ0n) is 13.7. The van der Waals surface area contributed by atoms with Gasteiger partial charge in [-0.3, -0.25) is 4.79 Å². The predicted octanol–water partition coefficient (Wildman–Crippen LogP) is 3.97. The minimum atomic E-state index is -0.778. The van der Waals surface area contributed by atoms with Gasteiger partial charge in [-0.2, -0.15) is 0 Å². The van der Waals surface area contributed by atoms with Crippen molar-refractivity contribution in [1.82, 2.24) is 10.3 Å². The Labute approximate surface area is 150 Å². The molecule has 0 saturated carbocycles. The van der Waals surface area contributed by atoms with Crippen molar-refractivity contribution in [2.75, 3.05) is 6.54 Å². The summed E-state index contributed by atoms with van der Waals surface area (Å²) in [6, 6.07) is 7.21. The van der Waals surface area contributed by atoms with E-state index < -0.39 is 11.4 Å². The third-order valence-corrected chi connectivity index (χ3v) is 4.71. The molecule has 2 rings (SSSR count). The highest BCUT2D eigenvalue weighted by Gasteiger charge is 2.26. The summed E-state index contributed by atoms with van der Waals surface area (Å²) in [5.74, 6) is -0.0234. The Morgan fingerprint density at radius 3 is 2.75 bits per heavy atom. The fourth-order valence-corrected chi connectivity index (χ4v) is 2.73. The molecule has 1 aromatic heterocycles. The van der Waals surface area contributed by atoms with Crippen molar-refractivity contribution in [3.63, 3.8) is 0 Å². The molecule has 5 nitrogen and oxygen atoms in total. The Balaban J connectivity index is 1.73. The average Bonchev–Trinajstić information content (AvgIpc) is 2.99. The lowest BCUT2D eigenvalue weighted by molar-refractivity contribution is -0.147.